The number of anilines is 1. The minimum Gasteiger partial charge on any atom is -0.478 e. The van der Waals surface area contributed by atoms with Crippen LogP contribution in [0.15, 0.2) is 18.3 Å². The zero-order chi connectivity index (χ0) is 33.6. The lowest BCUT2D eigenvalue weighted by Crippen LogP contribution is -2.50. The Morgan fingerprint density at radius 1 is 0.778 bits per heavy atom. The Morgan fingerprint density at radius 3 is 1.60 bits per heavy atom. The molecule has 0 atom stereocenters. The molecule has 0 bridgehead atoms. The molecule has 0 spiro atoms. The van der Waals surface area contributed by atoms with Gasteiger partial charge in [-0.15, -0.1) is 0 Å². The van der Waals surface area contributed by atoms with Crippen molar-refractivity contribution >= 4 is 35.9 Å². The molecule has 0 aromatic carbocycles. The van der Waals surface area contributed by atoms with Gasteiger partial charge in [0, 0.05) is 58.6 Å². The first-order valence-electron chi connectivity index (χ1n) is 15.0. The van der Waals surface area contributed by atoms with Crippen molar-refractivity contribution in [2.45, 2.75) is 52.7 Å². The molecule has 1 amide bonds. The van der Waals surface area contributed by atoms with Crippen molar-refractivity contribution in [3.05, 3.63) is 23.9 Å². The molecule has 1 saturated heterocycles. The summed E-state index contributed by atoms with van der Waals surface area (Å²) in [7, 11) is 0. The van der Waals surface area contributed by atoms with Crippen LogP contribution in [0, 0.1) is 0 Å². The molecule has 0 unspecified atom stereocenters. The summed E-state index contributed by atoms with van der Waals surface area (Å²) in [5.41, 5.74) is 4.02. The number of aromatic carboxylic acids is 1. The van der Waals surface area contributed by atoms with E-state index in [1.807, 2.05) is 40.4 Å². The number of hydrogen-bond donors (Lipinski definition) is 3. The van der Waals surface area contributed by atoms with E-state index in [4.69, 9.17) is 14.6 Å². The van der Waals surface area contributed by atoms with Gasteiger partial charge in [-0.1, -0.05) is 0 Å². The van der Waals surface area contributed by atoms with Crippen LogP contribution in [-0.2, 0) is 28.7 Å². The maximum absolute atomic E-state index is 12.9. The monoisotopic (exact) mass is 635 g/mol. The van der Waals surface area contributed by atoms with Gasteiger partial charge in [0.15, 0.2) is 0 Å². The van der Waals surface area contributed by atoms with Crippen LogP contribution >= 0.6 is 0 Å². The van der Waals surface area contributed by atoms with Crippen LogP contribution in [0.5, 0.6) is 0 Å². The van der Waals surface area contributed by atoms with Gasteiger partial charge in [-0.25, -0.2) is 9.78 Å². The Labute approximate surface area is 265 Å². The van der Waals surface area contributed by atoms with Gasteiger partial charge in [0.25, 0.3) is 5.91 Å². The number of nitrogens with one attached hydrogen (secondary N) is 2. The third-order valence-electron chi connectivity index (χ3n) is 6.52. The first-order chi connectivity index (χ1) is 21.0. The fraction of sp³-hybridized carbons (Fsp3) is 0.667. The number of rotatable bonds is 11. The van der Waals surface area contributed by atoms with Crippen molar-refractivity contribution in [3.63, 3.8) is 0 Å². The van der Waals surface area contributed by atoms with Gasteiger partial charge in [0.1, 0.15) is 23.3 Å². The van der Waals surface area contributed by atoms with E-state index < -0.39 is 17.2 Å². The molecule has 0 saturated carbocycles. The van der Waals surface area contributed by atoms with E-state index in [0.29, 0.717) is 52.4 Å². The average molecular weight is 636 g/mol. The molecule has 15 heteroatoms. The molecule has 1 aromatic rings. The van der Waals surface area contributed by atoms with Gasteiger partial charge < -0.3 is 19.4 Å². The molecule has 2 heterocycles. The molecule has 0 radical (unpaired) electrons. The van der Waals surface area contributed by atoms with Crippen molar-refractivity contribution in [1.82, 2.24) is 30.0 Å². The molecule has 1 aromatic heterocycles. The quantitative estimate of drug-likeness (QED) is 0.172. The van der Waals surface area contributed by atoms with E-state index in [9.17, 15) is 24.0 Å². The number of carboxylic acid groups (broad SMARTS) is 1. The van der Waals surface area contributed by atoms with Crippen LogP contribution in [-0.4, -0.2) is 150 Å². The van der Waals surface area contributed by atoms with Crippen molar-refractivity contribution < 1.29 is 38.6 Å². The zero-order valence-corrected chi connectivity index (χ0v) is 27.3. The molecule has 15 nitrogen and oxygen atoms in total. The van der Waals surface area contributed by atoms with Crippen LogP contribution in [0.4, 0.5) is 5.82 Å². The second-order valence-electron chi connectivity index (χ2n) is 12.9. The molecule has 3 N–H and O–H groups in total. The van der Waals surface area contributed by atoms with E-state index in [-0.39, 0.29) is 55.4 Å². The molecular formula is C30H49N7O8. The standard InChI is InChI=1S/C30H49N7O8/c1-29(2,3)44-26(40)21-36-12-10-34(17-18-38)9-11-35(13-14-37(16-15-36)22-27(41)45-30(4,5)6)20-25(39)33-32-24-8-7-23(19-31-24)28(42)43/h7-8,18-19H,9-17,20-22H2,1-6H3,(H,31,32)(H,33,39)(H,42,43). The summed E-state index contributed by atoms with van der Waals surface area (Å²) >= 11 is 0. The van der Waals surface area contributed by atoms with E-state index in [2.05, 4.69) is 15.8 Å². The Morgan fingerprint density at radius 2 is 1.22 bits per heavy atom. The van der Waals surface area contributed by atoms with Crippen molar-refractivity contribution in [2.24, 2.45) is 0 Å². The Bertz CT molecular complexity index is 1130. The van der Waals surface area contributed by atoms with Crippen molar-refractivity contribution in [3.8, 4) is 0 Å². The maximum Gasteiger partial charge on any atom is 0.337 e. The van der Waals surface area contributed by atoms with E-state index in [0.717, 1.165) is 6.29 Å². The number of ether oxygens (including phenoxy) is 2. The second-order valence-corrected chi connectivity index (χ2v) is 12.9. The minimum atomic E-state index is -1.10. The smallest absolute Gasteiger partial charge is 0.337 e. The highest BCUT2D eigenvalue weighted by atomic mass is 16.6. The molecule has 45 heavy (non-hydrogen) atoms. The summed E-state index contributed by atoms with van der Waals surface area (Å²) < 4.78 is 11.1. The number of esters is 2. The predicted molar refractivity (Wildman–Crippen MR) is 166 cm³/mol. The molecular weight excluding hydrogens is 586 g/mol. The average Bonchev–Trinajstić information content (AvgIpc) is 2.91. The van der Waals surface area contributed by atoms with Crippen LogP contribution < -0.4 is 10.9 Å². The van der Waals surface area contributed by atoms with Gasteiger partial charge in [-0.2, -0.15) is 0 Å². The molecule has 1 aliphatic rings. The van der Waals surface area contributed by atoms with Gasteiger partial charge in [-0.3, -0.25) is 44.8 Å². The Hall–Kier alpha value is -3.66. The highest BCUT2D eigenvalue weighted by molar-refractivity contribution is 5.87. The number of carboxylic acids is 1. The number of aromatic nitrogens is 1. The van der Waals surface area contributed by atoms with E-state index in [1.54, 1.807) is 20.8 Å². The van der Waals surface area contributed by atoms with E-state index >= 15 is 0 Å². The molecule has 1 fully saturated rings. The summed E-state index contributed by atoms with van der Waals surface area (Å²) in [5, 5.41) is 9.03. The summed E-state index contributed by atoms with van der Waals surface area (Å²) in [6.45, 7) is 14.9. The topological polar surface area (TPSA) is 174 Å². The van der Waals surface area contributed by atoms with Crippen LogP contribution in [0.25, 0.3) is 0 Å². The summed E-state index contributed by atoms with van der Waals surface area (Å²) in [5.74, 6) is -1.91. The maximum atomic E-state index is 12.9. The lowest BCUT2D eigenvalue weighted by atomic mass is 10.2. The highest BCUT2D eigenvalue weighted by Crippen LogP contribution is 2.10. The molecule has 252 valence electrons. The number of carbonyl (C=O) groups is 5. The number of amides is 1. The fourth-order valence-electron chi connectivity index (χ4n) is 4.42. The first kappa shape index (κ1) is 37.5. The van der Waals surface area contributed by atoms with Gasteiger partial charge in [-0.05, 0) is 53.7 Å². The van der Waals surface area contributed by atoms with E-state index in [1.165, 1.54) is 18.3 Å². The second kappa shape index (κ2) is 17.7. The molecule has 1 aliphatic heterocycles. The van der Waals surface area contributed by atoms with Gasteiger partial charge in [0.05, 0.1) is 31.7 Å². The summed E-state index contributed by atoms with van der Waals surface area (Å²) in [6.07, 6.45) is 2.01. The SMILES string of the molecule is CC(C)(C)OC(=O)CN1CCN(CC=O)CCN(CC(=O)NNc2ccc(C(=O)O)cn2)CCN(CC(=O)OC(C)(C)C)CC1. The third kappa shape index (κ3) is 16.3. The lowest BCUT2D eigenvalue weighted by Gasteiger charge is -2.33. The van der Waals surface area contributed by atoms with Crippen LogP contribution in [0.1, 0.15) is 51.9 Å². The third-order valence-corrected chi connectivity index (χ3v) is 6.52. The Kier molecular flexibility index (Phi) is 14.8. The van der Waals surface area contributed by atoms with Crippen molar-refractivity contribution in [1.29, 1.82) is 0 Å². The number of carbonyl (C=O) groups excluding carboxylic acids is 4. The van der Waals surface area contributed by atoms with Crippen LogP contribution in [0.3, 0.4) is 0 Å². The molecule has 0 aliphatic carbocycles. The number of pyridine rings is 1. The lowest BCUT2D eigenvalue weighted by molar-refractivity contribution is -0.158. The largest absolute Gasteiger partial charge is 0.478 e. The van der Waals surface area contributed by atoms with Crippen molar-refractivity contribution in [2.75, 3.05) is 84.0 Å². The first-order valence-corrected chi connectivity index (χ1v) is 15.0. The van der Waals surface area contributed by atoms with Gasteiger partial charge in [0.2, 0.25) is 0 Å². The summed E-state index contributed by atoms with van der Waals surface area (Å²) in [4.78, 5) is 72.5. The zero-order valence-electron chi connectivity index (χ0n) is 27.3. The van der Waals surface area contributed by atoms with Gasteiger partial charge >= 0.3 is 17.9 Å². The predicted octanol–water partition coefficient (Wildman–Crippen LogP) is 0.327. The number of nitrogens with zero attached hydrogens (tertiary/aromatic N) is 5. The fourth-order valence-corrected chi connectivity index (χ4v) is 4.42. The Balaban J connectivity index is 2.14. The number of hydrazine groups is 1. The summed E-state index contributed by atoms with van der Waals surface area (Å²) in [6, 6.07) is 2.81. The number of aldehydes is 1. The number of hydrogen-bond acceptors (Lipinski definition) is 13. The normalized spacial score (nSPS) is 16.9. The minimum absolute atomic E-state index is 0.0141. The molecule has 2 rings (SSSR count). The van der Waals surface area contributed by atoms with Crippen LogP contribution in [0.2, 0.25) is 0 Å². The highest BCUT2D eigenvalue weighted by Gasteiger charge is 2.24.